The van der Waals surface area contributed by atoms with Crippen LogP contribution in [0.2, 0.25) is 0 Å². The molecule has 47 nitrogen and oxygen atoms in total. The monoisotopic (exact) mass is 2160 g/mol. The van der Waals surface area contributed by atoms with Crippen LogP contribution in [0, 0.1) is 0 Å². The number of fused-ring (bicyclic) bond motifs is 1. The minimum Gasteiger partial charge on any atom is -0.481 e. The van der Waals surface area contributed by atoms with Gasteiger partial charge in [-0.05, 0) is 174 Å². The molecule has 0 spiro atoms. The number of likely N-dealkylation sites (N-methyl/N-ethyl adjacent to an activating group) is 5. The van der Waals surface area contributed by atoms with Gasteiger partial charge in [-0.25, -0.2) is 10.1 Å². The molecule has 0 bridgehead atoms. The van der Waals surface area contributed by atoms with Crippen LogP contribution in [-0.2, 0) is 95.4 Å². The maximum absolute atomic E-state index is 12.0. The largest absolute Gasteiger partial charge is 0.481 e. The third-order valence-electron chi connectivity index (χ3n) is 17.2. The van der Waals surface area contributed by atoms with Crippen LogP contribution in [0.1, 0.15) is 263 Å². The number of rotatable bonds is 46. The summed E-state index contributed by atoms with van der Waals surface area (Å²) in [7, 11) is 11.8. The van der Waals surface area contributed by atoms with Crippen molar-refractivity contribution in [3.8, 4) is 0 Å². The van der Waals surface area contributed by atoms with Crippen molar-refractivity contribution < 1.29 is 121 Å². The minimum atomic E-state index is -4.15. The maximum Gasteiger partial charge on any atom is 0.357 e. The molecule has 0 saturated carbocycles. The van der Waals surface area contributed by atoms with Crippen molar-refractivity contribution in [2.24, 2.45) is 0 Å². The van der Waals surface area contributed by atoms with E-state index < -0.39 is 43.3 Å². The quantitative estimate of drug-likeness (QED) is 0.0104. The molecule has 26 N–H and O–H groups in total. The molecule has 17 amide bonds. The summed E-state index contributed by atoms with van der Waals surface area (Å²) in [5, 5.41) is 85.1. The van der Waals surface area contributed by atoms with Crippen molar-refractivity contribution >= 4 is 144 Å². The molecule has 0 aromatic rings. The number of ether oxygens (including phenoxy) is 2. The molecule has 2 fully saturated rings. The Labute approximate surface area is 881 Å². The van der Waals surface area contributed by atoms with Gasteiger partial charge in [0, 0.05) is 222 Å². The Kier molecular flexibility index (Phi) is 109. The standard InChI is InChI=1S/C25H45N5O6S2.C12H25N3O2.C12H26N2OS.C8H19N2O5P.C8H18N2O2.C8H18N2O.C4H9NO.5C3H7NO.C2H4O2/c31-21(8-4-3-6-20-24-19(18-38-20)29-25(34)30-24)26-10-5-1-2-7-22(32)27-11-13-35-15-16-36-14-12-28-23(33)9-17-37;1-9(16)14-8-6-7-10(11(17)13-5)15-12(2,3)4;1-6-7-8-16-9-10(11(15)13-5)14-12(2,3)4;1-8(2,3)10-6(7(11)9-4)5-16(13,14)15-12;1-8(2,3)10-6(5-11)7(12)9-4;1-6(7(11)9-5)10-8(2,3)4;1-3-5-4(2)6;5*1-3(5)4-2;1-2(3)4/h19-20,24,37H,1-18H2,(H,26,31)(H,27,32)(H,28,33)(H2,29,30,34);10,15H,6-8H2,1-5H3,(H,13,17)(H,14,16);10,14H,6-9H2,1-5H3,(H,13,15);6,10,12H,5H2,1-4H3,(H,9,11)(H,13,14);6,10-11H,5H2,1-4H3,(H,9,12);6,10H,1-5H3,(H,9,11);3H2,1-2H3,(H,5,6);5*1-2H3,(H,4,5);1H3,(H,3,4). The highest BCUT2D eigenvalue weighted by Gasteiger charge is 2.43. The summed E-state index contributed by atoms with van der Waals surface area (Å²) in [5.74, 6) is 2.19. The molecular formula is C94H199N22O25PS3. The molecule has 2 aliphatic heterocycles. The van der Waals surface area contributed by atoms with Gasteiger partial charge in [0.2, 0.25) is 88.6 Å². The van der Waals surface area contributed by atoms with E-state index in [0.717, 1.165) is 75.7 Å². The zero-order valence-electron chi connectivity index (χ0n) is 94.5. The van der Waals surface area contributed by atoms with Gasteiger partial charge in [0.05, 0.1) is 75.4 Å². The molecule has 0 aromatic carbocycles. The van der Waals surface area contributed by atoms with E-state index in [9.17, 15) is 81.3 Å². The Hall–Kier alpha value is -8.37. The van der Waals surface area contributed by atoms with Gasteiger partial charge >= 0.3 is 13.6 Å². The minimum absolute atomic E-state index is 0.00463. The van der Waals surface area contributed by atoms with E-state index >= 15 is 0 Å². The van der Waals surface area contributed by atoms with Crippen LogP contribution in [0.3, 0.4) is 0 Å². The predicted octanol–water partition coefficient (Wildman–Crippen LogP) is 2.55. The SMILES string of the molecule is CC(=O)O.CCCCSCC(NC(C)(C)C)C(=O)NC.CCNC(C)=O.CNC(=O)C(C)NC(C)(C)C.CNC(=O)C(CCCNC(C)=O)NC(C)(C)C.CNC(=O)C(CO)NC(C)(C)C.CNC(=O)C(CP(=O)(O)OO)NC(C)(C)C.CNC(C)=O.CNC(C)=O.CNC(C)=O.CNC(C)=O.CNC(C)=O.O=C(CCS)NCCOCCOCCNC(=O)CCCCCNC(=O)CCCCC1SCC2NC(=O)NC21. The van der Waals surface area contributed by atoms with E-state index in [4.69, 9.17) is 34.6 Å². The topological polar surface area (TPSA) is 681 Å². The van der Waals surface area contributed by atoms with Crippen LogP contribution in [0.15, 0.2) is 0 Å². The van der Waals surface area contributed by atoms with E-state index in [2.05, 4.69) is 162 Å². The third kappa shape index (κ3) is 132. The number of aliphatic hydroxyl groups excluding tert-OH is 1. The number of hydrogen-bond acceptors (Lipinski definition) is 31. The maximum atomic E-state index is 12.0. The summed E-state index contributed by atoms with van der Waals surface area (Å²) in [4.78, 5) is 191. The van der Waals surface area contributed by atoms with Gasteiger partial charge in [0.25, 0.3) is 5.97 Å². The lowest BCUT2D eigenvalue weighted by Crippen LogP contribution is -2.52. The summed E-state index contributed by atoms with van der Waals surface area (Å²) in [6.07, 6.45) is 10.2. The fraction of sp³-hybridized carbons (Fsp3) is 0.819. The molecule has 0 aromatic heterocycles. The number of carboxylic acids is 1. The number of urea groups is 1. The summed E-state index contributed by atoms with van der Waals surface area (Å²) >= 11 is 7.75. The molecule has 2 rings (SSSR count). The number of unbranched alkanes of at least 4 members (excludes halogenated alkanes) is 4. The number of carbonyl (C=O) groups excluding carboxylic acids is 16. The summed E-state index contributed by atoms with van der Waals surface area (Å²) in [5.41, 5.74) is -0.716. The first kappa shape index (κ1) is 159. The molecular weight excluding hydrogens is 1960 g/mol. The van der Waals surface area contributed by atoms with Crippen LogP contribution in [0.25, 0.3) is 0 Å². The summed E-state index contributed by atoms with van der Waals surface area (Å²) < 4.78 is 25.4. The van der Waals surface area contributed by atoms with Gasteiger partial charge in [-0.3, -0.25) is 86.6 Å². The molecule has 145 heavy (non-hydrogen) atoms. The second kappa shape index (κ2) is 98.9. The van der Waals surface area contributed by atoms with Crippen molar-refractivity contribution in [2.75, 3.05) is 165 Å². The number of amides is 17. The molecule has 2 aliphatic rings. The highest BCUT2D eigenvalue weighted by molar-refractivity contribution is 8.00. The second-order valence-corrected chi connectivity index (χ2v) is 41.8. The van der Waals surface area contributed by atoms with Crippen LogP contribution in [-0.4, -0.2) is 362 Å². The van der Waals surface area contributed by atoms with Gasteiger partial charge in [0.15, 0.2) is 0 Å². The van der Waals surface area contributed by atoms with E-state index in [1.165, 1.54) is 68.4 Å². The van der Waals surface area contributed by atoms with E-state index in [1.54, 1.807) is 63.4 Å². The zero-order chi connectivity index (χ0) is 115. The van der Waals surface area contributed by atoms with Crippen molar-refractivity contribution in [1.82, 2.24) is 117 Å². The molecule has 2 heterocycles. The first-order chi connectivity index (χ1) is 66.9. The molecule has 9 unspecified atom stereocenters. The predicted molar refractivity (Wildman–Crippen MR) is 583 cm³/mol. The average Bonchev–Trinajstić information content (AvgIpc) is 1.66. The van der Waals surface area contributed by atoms with Gasteiger partial charge in [-0.15, -0.1) is 0 Å². The van der Waals surface area contributed by atoms with Gasteiger partial charge in [-0.1, -0.05) is 26.2 Å². The van der Waals surface area contributed by atoms with Crippen molar-refractivity contribution in [3.05, 3.63) is 0 Å². The highest BCUT2D eigenvalue weighted by Crippen LogP contribution is 2.41. The summed E-state index contributed by atoms with van der Waals surface area (Å²) in [6.45, 7) is 51.5. The number of thiol groups is 1. The normalized spacial score (nSPS) is 14.1. The van der Waals surface area contributed by atoms with E-state index in [0.29, 0.717) is 89.3 Å². The number of thioether (sulfide) groups is 2. The Balaban J connectivity index is -0.000000161. The molecule has 9 atom stereocenters. The number of carbonyl (C=O) groups is 17. The lowest BCUT2D eigenvalue weighted by molar-refractivity contribution is -0.146. The fourth-order valence-electron chi connectivity index (χ4n) is 10.4. The van der Waals surface area contributed by atoms with Crippen LogP contribution < -0.4 is 117 Å². The lowest BCUT2D eigenvalue weighted by atomic mass is 10.0. The number of carboxylic acid groups (broad SMARTS) is 1. The second-order valence-electron chi connectivity index (χ2n) is 37.2. The zero-order valence-corrected chi connectivity index (χ0v) is 97.9. The lowest BCUT2D eigenvalue weighted by Gasteiger charge is -2.27. The summed E-state index contributed by atoms with van der Waals surface area (Å²) in [6, 6.07) is -1.44. The number of hydrogen-bond donors (Lipinski definition) is 27. The van der Waals surface area contributed by atoms with Crippen LogP contribution in [0.5, 0.6) is 0 Å². The van der Waals surface area contributed by atoms with Crippen molar-refractivity contribution in [2.45, 2.75) is 339 Å². The van der Waals surface area contributed by atoms with E-state index in [-0.39, 0.29) is 148 Å². The number of aliphatic carboxylic acids is 1. The van der Waals surface area contributed by atoms with Crippen molar-refractivity contribution in [1.29, 1.82) is 0 Å². The number of aliphatic hydroxyl groups is 1. The first-order valence-electron chi connectivity index (χ1n) is 48.5. The smallest absolute Gasteiger partial charge is 0.357 e. The van der Waals surface area contributed by atoms with Gasteiger partial charge < -0.3 is 136 Å². The average molecular weight is 2160 g/mol. The highest BCUT2D eigenvalue weighted by atomic mass is 32.2. The van der Waals surface area contributed by atoms with Gasteiger partial charge in [-0.2, -0.15) is 40.8 Å². The Morgan fingerprint density at radius 1 is 0.441 bits per heavy atom. The van der Waals surface area contributed by atoms with Gasteiger partial charge in [0.1, 0.15) is 6.04 Å². The number of nitrogens with one attached hydrogen (secondary N) is 22. The third-order valence-corrected chi connectivity index (χ3v) is 21.1. The molecule has 2 saturated heterocycles. The molecule has 51 heteroatoms. The van der Waals surface area contributed by atoms with Crippen LogP contribution >= 0.6 is 43.7 Å². The van der Waals surface area contributed by atoms with Crippen LogP contribution in [0.4, 0.5) is 4.79 Å². The Bertz CT molecular complexity index is 3440. The van der Waals surface area contributed by atoms with E-state index in [1.807, 2.05) is 120 Å². The molecule has 858 valence electrons. The molecule has 0 aliphatic carbocycles. The van der Waals surface area contributed by atoms with Crippen molar-refractivity contribution in [3.63, 3.8) is 0 Å². The molecule has 0 radical (unpaired) electrons. The first-order valence-corrected chi connectivity index (χ1v) is 53.1. The fourth-order valence-corrected chi connectivity index (χ4v) is 14.1. The Morgan fingerprint density at radius 3 is 1.13 bits per heavy atom. The Morgan fingerprint density at radius 2 is 0.786 bits per heavy atom.